The van der Waals surface area contributed by atoms with E-state index in [2.05, 4.69) is 10.3 Å². The maximum absolute atomic E-state index is 12.4. The zero-order valence-corrected chi connectivity index (χ0v) is 9.59. The molecule has 1 saturated carbocycles. The quantitative estimate of drug-likeness (QED) is 0.880. The van der Waals surface area contributed by atoms with Crippen LogP contribution in [-0.2, 0) is 6.18 Å². The van der Waals surface area contributed by atoms with Crippen molar-refractivity contribution in [3.8, 4) is 0 Å². The molecule has 0 radical (unpaired) electrons. The highest BCUT2D eigenvalue weighted by Gasteiger charge is 2.31. The molecule has 0 aliphatic heterocycles. The van der Waals surface area contributed by atoms with Gasteiger partial charge in [0.25, 0.3) is 0 Å². The third-order valence-corrected chi connectivity index (χ3v) is 3.09. The molecule has 2 rings (SSSR count). The first-order valence-corrected chi connectivity index (χ1v) is 5.71. The van der Waals surface area contributed by atoms with E-state index in [4.69, 9.17) is 0 Å². The van der Waals surface area contributed by atoms with Crippen LogP contribution in [-0.4, -0.2) is 12.0 Å². The van der Waals surface area contributed by atoms with E-state index in [-0.39, 0.29) is 6.04 Å². The van der Waals surface area contributed by atoms with Crippen molar-refractivity contribution < 1.29 is 13.2 Å². The Bertz CT molecular complexity index is 368. The number of pyridine rings is 1. The fourth-order valence-electron chi connectivity index (χ4n) is 1.85. The van der Waals surface area contributed by atoms with Crippen molar-refractivity contribution in [2.75, 3.05) is 7.05 Å². The van der Waals surface area contributed by atoms with Gasteiger partial charge in [-0.3, -0.25) is 4.98 Å². The molecule has 1 aliphatic carbocycles. The van der Waals surface area contributed by atoms with Gasteiger partial charge in [0.2, 0.25) is 0 Å². The smallest absolute Gasteiger partial charge is 0.312 e. The van der Waals surface area contributed by atoms with Gasteiger partial charge in [-0.25, -0.2) is 0 Å². The summed E-state index contributed by atoms with van der Waals surface area (Å²) in [5.41, 5.74) is -0.00470. The van der Waals surface area contributed by atoms with E-state index in [1.165, 1.54) is 18.9 Å². The fourth-order valence-corrected chi connectivity index (χ4v) is 1.85. The van der Waals surface area contributed by atoms with Crippen LogP contribution in [0.15, 0.2) is 18.3 Å². The van der Waals surface area contributed by atoms with Crippen LogP contribution in [0.2, 0.25) is 0 Å². The molecule has 0 amide bonds. The number of aromatic nitrogens is 1. The molecule has 94 valence electrons. The summed E-state index contributed by atoms with van der Waals surface area (Å²) < 4.78 is 37.1. The summed E-state index contributed by atoms with van der Waals surface area (Å²) in [5, 5.41) is 3.10. The molecule has 1 aromatic rings. The van der Waals surface area contributed by atoms with E-state index in [0.717, 1.165) is 18.7 Å². The van der Waals surface area contributed by atoms with E-state index in [1.807, 2.05) is 7.05 Å². The fraction of sp³-hybridized carbons (Fsp3) is 0.583. The summed E-state index contributed by atoms with van der Waals surface area (Å²) in [6, 6.07) is 2.62. The highest BCUT2D eigenvalue weighted by molar-refractivity contribution is 5.19. The first-order valence-electron chi connectivity index (χ1n) is 5.71. The average molecular weight is 244 g/mol. The van der Waals surface area contributed by atoms with E-state index in [9.17, 15) is 13.2 Å². The van der Waals surface area contributed by atoms with Crippen LogP contribution in [0, 0.1) is 5.92 Å². The van der Waals surface area contributed by atoms with Crippen molar-refractivity contribution >= 4 is 0 Å². The highest BCUT2D eigenvalue weighted by Crippen LogP contribution is 2.37. The van der Waals surface area contributed by atoms with Gasteiger partial charge in [-0.2, -0.15) is 13.2 Å². The van der Waals surface area contributed by atoms with Crippen LogP contribution in [0.1, 0.15) is 36.6 Å². The predicted octanol–water partition coefficient (Wildman–Crippen LogP) is 3.16. The second kappa shape index (κ2) is 4.64. The lowest BCUT2D eigenvalue weighted by molar-refractivity contribution is -0.137. The molecule has 1 heterocycles. The number of nitrogens with zero attached hydrogens (tertiary/aromatic N) is 1. The Morgan fingerprint density at radius 2 is 2.12 bits per heavy atom. The van der Waals surface area contributed by atoms with Crippen molar-refractivity contribution in [3.05, 3.63) is 29.6 Å². The Balaban J connectivity index is 2.09. The van der Waals surface area contributed by atoms with Gasteiger partial charge in [0.05, 0.1) is 11.3 Å². The van der Waals surface area contributed by atoms with Gasteiger partial charge in [-0.15, -0.1) is 0 Å². The molecule has 17 heavy (non-hydrogen) atoms. The predicted molar refractivity (Wildman–Crippen MR) is 58.4 cm³/mol. The molecular weight excluding hydrogens is 229 g/mol. The van der Waals surface area contributed by atoms with Crippen LogP contribution in [0.3, 0.4) is 0 Å². The Morgan fingerprint density at radius 3 is 2.53 bits per heavy atom. The van der Waals surface area contributed by atoms with E-state index in [1.54, 1.807) is 0 Å². The van der Waals surface area contributed by atoms with Crippen LogP contribution in [0.5, 0.6) is 0 Å². The highest BCUT2D eigenvalue weighted by atomic mass is 19.4. The van der Waals surface area contributed by atoms with Crippen LogP contribution >= 0.6 is 0 Å². The molecule has 0 spiro atoms. The van der Waals surface area contributed by atoms with Gasteiger partial charge < -0.3 is 5.32 Å². The largest absolute Gasteiger partial charge is 0.417 e. The Hall–Kier alpha value is -1.10. The summed E-state index contributed by atoms with van der Waals surface area (Å²) >= 11 is 0. The SMILES string of the molecule is CNC(CC1CC1)c1ccc(C(F)(F)F)cn1. The van der Waals surface area contributed by atoms with Crippen molar-refractivity contribution in [1.29, 1.82) is 0 Å². The van der Waals surface area contributed by atoms with Crippen molar-refractivity contribution in [1.82, 2.24) is 10.3 Å². The molecule has 1 aliphatic rings. The van der Waals surface area contributed by atoms with Crippen LogP contribution < -0.4 is 5.32 Å². The Labute approximate surface area is 98.2 Å². The van der Waals surface area contributed by atoms with Crippen LogP contribution in [0.25, 0.3) is 0 Å². The maximum Gasteiger partial charge on any atom is 0.417 e. The molecule has 1 unspecified atom stereocenters. The lowest BCUT2D eigenvalue weighted by atomic mass is 10.1. The zero-order valence-electron chi connectivity index (χ0n) is 9.59. The Kier molecular flexibility index (Phi) is 3.38. The molecule has 1 fully saturated rings. The van der Waals surface area contributed by atoms with Gasteiger partial charge in [-0.1, -0.05) is 12.8 Å². The van der Waals surface area contributed by atoms with Gasteiger partial charge >= 0.3 is 6.18 Å². The minimum atomic E-state index is -4.31. The number of alkyl halides is 3. The summed E-state index contributed by atoms with van der Waals surface area (Å²) in [6.07, 6.45) is -0.00374. The molecular formula is C12H15F3N2. The molecule has 0 bridgehead atoms. The van der Waals surface area contributed by atoms with E-state index >= 15 is 0 Å². The second-order valence-electron chi connectivity index (χ2n) is 4.49. The van der Waals surface area contributed by atoms with Gasteiger partial charge in [0.15, 0.2) is 0 Å². The summed E-state index contributed by atoms with van der Waals surface area (Å²) in [7, 11) is 1.81. The molecule has 0 saturated heterocycles. The van der Waals surface area contributed by atoms with Crippen LogP contribution in [0.4, 0.5) is 13.2 Å². The van der Waals surface area contributed by atoms with Crippen molar-refractivity contribution in [3.63, 3.8) is 0 Å². The topological polar surface area (TPSA) is 24.9 Å². The average Bonchev–Trinajstić information content (AvgIpc) is 3.09. The maximum atomic E-state index is 12.4. The summed E-state index contributed by atoms with van der Waals surface area (Å²) in [6.45, 7) is 0. The molecule has 1 N–H and O–H groups in total. The first kappa shape index (κ1) is 12.4. The zero-order chi connectivity index (χ0) is 12.5. The second-order valence-corrected chi connectivity index (χ2v) is 4.49. The lowest BCUT2D eigenvalue weighted by Gasteiger charge is -2.16. The van der Waals surface area contributed by atoms with E-state index in [0.29, 0.717) is 11.6 Å². The molecule has 1 atom stereocenters. The third-order valence-electron chi connectivity index (χ3n) is 3.09. The summed E-state index contributed by atoms with van der Waals surface area (Å²) in [5.74, 6) is 0.705. The molecule has 2 nitrogen and oxygen atoms in total. The number of rotatable bonds is 4. The first-order chi connectivity index (χ1) is 8.00. The standard InChI is InChI=1S/C12H15F3N2/c1-16-11(6-8-2-3-8)10-5-4-9(7-17-10)12(13,14)15/h4-5,7-8,11,16H,2-3,6H2,1H3. The molecule has 0 aromatic carbocycles. The molecule has 1 aromatic heterocycles. The van der Waals surface area contributed by atoms with Gasteiger partial charge in [0, 0.05) is 12.2 Å². The minimum absolute atomic E-state index is 0.0600. The molecule has 5 heteroatoms. The number of hydrogen-bond acceptors (Lipinski definition) is 2. The van der Waals surface area contributed by atoms with Gasteiger partial charge in [-0.05, 0) is 31.5 Å². The number of hydrogen-bond donors (Lipinski definition) is 1. The van der Waals surface area contributed by atoms with Gasteiger partial charge in [0.1, 0.15) is 0 Å². The third kappa shape index (κ3) is 3.19. The lowest BCUT2D eigenvalue weighted by Crippen LogP contribution is -2.18. The van der Waals surface area contributed by atoms with Crippen molar-refractivity contribution in [2.24, 2.45) is 5.92 Å². The van der Waals surface area contributed by atoms with Crippen molar-refractivity contribution in [2.45, 2.75) is 31.5 Å². The number of halogens is 3. The Morgan fingerprint density at radius 1 is 1.41 bits per heavy atom. The normalized spacial score (nSPS) is 18.1. The number of nitrogens with one attached hydrogen (secondary N) is 1. The summed E-state index contributed by atoms with van der Waals surface area (Å²) in [4.78, 5) is 3.91. The minimum Gasteiger partial charge on any atom is -0.312 e. The van der Waals surface area contributed by atoms with E-state index < -0.39 is 11.7 Å². The monoisotopic (exact) mass is 244 g/mol.